The van der Waals surface area contributed by atoms with Crippen molar-refractivity contribution >= 4 is 11.8 Å². The summed E-state index contributed by atoms with van der Waals surface area (Å²) < 4.78 is 0. The van der Waals surface area contributed by atoms with Gasteiger partial charge < -0.3 is 10.2 Å². The van der Waals surface area contributed by atoms with E-state index in [0.717, 1.165) is 0 Å². The summed E-state index contributed by atoms with van der Waals surface area (Å²) in [5.41, 5.74) is 0. The van der Waals surface area contributed by atoms with Crippen LogP contribution < -0.4 is 5.32 Å². The first kappa shape index (κ1) is 7.05. The lowest BCUT2D eigenvalue weighted by Crippen LogP contribution is -2.27. The molecule has 0 aromatic heterocycles. The normalized spacial score (nSPS) is 20.3. The summed E-state index contributed by atoms with van der Waals surface area (Å²) in [5, 5.41) is 2.60. The maximum Gasteiger partial charge on any atom is 0.231 e. The molecule has 1 fully saturated rings. The van der Waals surface area contributed by atoms with Gasteiger partial charge in [0.25, 0.3) is 0 Å². The molecule has 4 nitrogen and oxygen atoms in total. The van der Waals surface area contributed by atoms with E-state index in [4.69, 9.17) is 0 Å². The molecule has 10 heavy (non-hydrogen) atoms. The lowest BCUT2D eigenvalue weighted by molar-refractivity contribution is -0.133. The Labute approximate surface area is 59.2 Å². The molecule has 0 unspecified atom stereocenters. The Bertz CT molecular complexity index is 167. The van der Waals surface area contributed by atoms with Crippen LogP contribution in [0.5, 0.6) is 0 Å². The molecule has 1 heterocycles. The van der Waals surface area contributed by atoms with Gasteiger partial charge in [0.1, 0.15) is 6.42 Å². The zero-order chi connectivity index (χ0) is 7.56. The van der Waals surface area contributed by atoms with Crippen molar-refractivity contribution in [1.82, 2.24) is 10.2 Å². The summed E-state index contributed by atoms with van der Waals surface area (Å²) in [7, 11) is 1.70. The molecule has 0 bridgehead atoms. The second-order valence-electron chi connectivity index (χ2n) is 2.34. The first-order valence-corrected chi connectivity index (χ1v) is 3.21. The van der Waals surface area contributed by atoms with Crippen molar-refractivity contribution in [3.63, 3.8) is 0 Å². The molecule has 1 saturated heterocycles. The van der Waals surface area contributed by atoms with E-state index in [1.54, 1.807) is 11.9 Å². The van der Waals surface area contributed by atoms with Crippen LogP contribution >= 0.6 is 0 Å². The lowest BCUT2D eigenvalue weighted by atomic mass is 10.4. The highest BCUT2D eigenvalue weighted by Crippen LogP contribution is 1.93. The predicted octanol–water partition coefficient (Wildman–Crippen LogP) is -1.04. The number of amides is 2. The van der Waals surface area contributed by atoms with Gasteiger partial charge in [0.05, 0.1) is 0 Å². The molecule has 0 aromatic carbocycles. The number of nitrogens with one attached hydrogen (secondary N) is 1. The summed E-state index contributed by atoms with van der Waals surface area (Å²) in [6.45, 7) is 1.19. The standard InChI is InChI=1S/C6H10N2O2/c1-8-3-2-7-5(9)4-6(8)10/h2-4H2,1H3,(H,7,9). The van der Waals surface area contributed by atoms with Crippen LogP contribution in [0.2, 0.25) is 0 Å². The molecule has 56 valence electrons. The Kier molecular flexibility index (Phi) is 1.89. The minimum Gasteiger partial charge on any atom is -0.354 e. The van der Waals surface area contributed by atoms with E-state index in [9.17, 15) is 9.59 Å². The Hall–Kier alpha value is -1.06. The average molecular weight is 142 g/mol. The summed E-state index contributed by atoms with van der Waals surface area (Å²) in [4.78, 5) is 23.1. The summed E-state index contributed by atoms with van der Waals surface area (Å²) in [6.07, 6.45) is -0.00347. The Morgan fingerprint density at radius 3 is 2.90 bits per heavy atom. The zero-order valence-electron chi connectivity index (χ0n) is 5.89. The van der Waals surface area contributed by atoms with E-state index in [1.807, 2.05) is 0 Å². The first-order chi connectivity index (χ1) is 4.70. The lowest BCUT2D eigenvalue weighted by Gasteiger charge is -2.10. The van der Waals surface area contributed by atoms with E-state index in [-0.39, 0.29) is 18.2 Å². The third-order valence-electron chi connectivity index (χ3n) is 1.51. The van der Waals surface area contributed by atoms with Gasteiger partial charge in [-0.3, -0.25) is 9.59 Å². The molecule has 0 spiro atoms. The topological polar surface area (TPSA) is 49.4 Å². The molecule has 1 aliphatic heterocycles. The van der Waals surface area contributed by atoms with Gasteiger partial charge in [0.15, 0.2) is 0 Å². The average Bonchev–Trinajstić information content (AvgIpc) is 1.96. The van der Waals surface area contributed by atoms with Gasteiger partial charge in [-0.1, -0.05) is 0 Å². The number of nitrogens with zero attached hydrogens (tertiary/aromatic N) is 1. The Morgan fingerprint density at radius 2 is 2.20 bits per heavy atom. The van der Waals surface area contributed by atoms with E-state index in [2.05, 4.69) is 5.32 Å². The monoisotopic (exact) mass is 142 g/mol. The highest BCUT2D eigenvalue weighted by molar-refractivity contribution is 5.97. The van der Waals surface area contributed by atoms with E-state index in [1.165, 1.54) is 0 Å². The van der Waals surface area contributed by atoms with Crippen LogP contribution in [0.3, 0.4) is 0 Å². The largest absolute Gasteiger partial charge is 0.354 e. The van der Waals surface area contributed by atoms with Crippen molar-refractivity contribution in [3.8, 4) is 0 Å². The van der Waals surface area contributed by atoms with Crippen LogP contribution in [0.25, 0.3) is 0 Å². The Balaban J connectivity index is 2.57. The smallest absolute Gasteiger partial charge is 0.231 e. The highest BCUT2D eigenvalue weighted by Gasteiger charge is 2.16. The molecular weight excluding hydrogens is 132 g/mol. The molecule has 1 aliphatic rings. The van der Waals surface area contributed by atoms with Crippen molar-refractivity contribution in [1.29, 1.82) is 0 Å². The summed E-state index contributed by atoms with van der Waals surface area (Å²) in [6, 6.07) is 0. The van der Waals surface area contributed by atoms with E-state index < -0.39 is 0 Å². The van der Waals surface area contributed by atoms with Crippen molar-refractivity contribution in [3.05, 3.63) is 0 Å². The van der Waals surface area contributed by atoms with Crippen LogP contribution in [-0.4, -0.2) is 36.9 Å². The molecule has 0 aromatic rings. The van der Waals surface area contributed by atoms with Crippen LogP contribution in [-0.2, 0) is 9.59 Å². The van der Waals surface area contributed by atoms with Crippen LogP contribution in [0.15, 0.2) is 0 Å². The fourth-order valence-corrected chi connectivity index (χ4v) is 0.823. The van der Waals surface area contributed by atoms with Gasteiger partial charge >= 0.3 is 0 Å². The number of rotatable bonds is 0. The zero-order valence-corrected chi connectivity index (χ0v) is 5.89. The van der Waals surface area contributed by atoms with Gasteiger partial charge in [-0.25, -0.2) is 0 Å². The van der Waals surface area contributed by atoms with Crippen LogP contribution in [0.4, 0.5) is 0 Å². The highest BCUT2D eigenvalue weighted by atomic mass is 16.2. The number of carbonyl (C=O) groups excluding carboxylic acids is 2. The minimum atomic E-state index is -0.172. The molecule has 0 aliphatic carbocycles. The van der Waals surface area contributed by atoms with Crippen molar-refractivity contribution in [2.24, 2.45) is 0 Å². The quantitative estimate of drug-likeness (QED) is 0.439. The molecule has 1 N–H and O–H groups in total. The molecular formula is C6H10N2O2. The van der Waals surface area contributed by atoms with E-state index in [0.29, 0.717) is 13.1 Å². The second kappa shape index (κ2) is 2.68. The number of hydrogen-bond donors (Lipinski definition) is 1. The maximum absolute atomic E-state index is 10.9. The minimum absolute atomic E-state index is 0.00347. The first-order valence-electron chi connectivity index (χ1n) is 3.21. The van der Waals surface area contributed by atoms with Crippen LogP contribution in [0, 0.1) is 0 Å². The van der Waals surface area contributed by atoms with Crippen molar-refractivity contribution < 1.29 is 9.59 Å². The number of carbonyl (C=O) groups is 2. The number of likely N-dealkylation sites (N-methyl/N-ethyl adjacent to an activating group) is 1. The molecule has 1 rings (SSSR count). The summed E-state index contributed by atoms with van der Waals surface area (Å²) >= 11 is 0. The van der Waals surface area contributed by atoms with Gasteiger partial charge in [-0.2, -0.15) is 0 Å². The third kappa shape index (κ3) is 1.46. The fraction of sp³-hybridized carbons (Fsp3) is 0.667. The SMILES string of the molecule is CN1CCNC(=O)CC1=O. The Morgan fingerprint density at radius 1 is 1.50 bits per heavy atom. The molecule has 2 amide bonds. The fourth-order valence-electron chi connectivity index (χ4n) is 0.823. The van der Waals surface area contributed by atoms with Crippen LogP contribution in [0.1, 0.15) is 6.42 Å². The van der Waals surface area contributed by atoms with Crippen molar-refractivity contribution in [2.45, 2.75) is 6.42 Å². The van der Waals surface area contributed by atoms with E-state index >= 15 is 0 Å². The van der Waals surface area contributed by atoms with Gasteiger partial charge in [0, 0.05) is 20.1 Å². The molecule has 0 radical (unpaired) electrons. The molecule has 0 saturated carbocycles. The predicted molar refractivity (Wildman–Crippen MR) is 35.3 cm³/mol. The maximum atomic E-state index is 10.9. The molecule has 0 atom stereocenters. The summed E-state index contributed by atoms with van der Waals surface area (Å²) in [5.74, 6) is -0.274. The third-order valence-corrected chi connectivity index (χ3v) is 1.51. The number of hydrogen-bond acceptors (Lipinski definition) is 2. The second-order valence-corrected chi connectivity index (χ2v) is 2.34. The van der Waals surface area contributed by atoms with Gasteiger partial charge in [-0.15, -0.1) is 0 Å². The van der Waals surface area contributed by atoms with Gasteiger partial charge in [0.2, 0.25) is 11.8 Å². The van der Waals surface area contributed by atoms with Crippen molar-refractivity contribution in [2.75, 3.05) is 20.1 Å². The van der Waals surface area contributed by atoms with Gasteiger partial charge in [-0.05, 0) is 0 Å². The molecule has 4 heteroatoms.